The Hall–Kier alpha value is -1.51. The predicted octanol–water partition coefficient (Wildman–Crippen LogP) is 3.92. The van der Waals surface area contributed by atoms with E-state index in [2.05, 4.69) is 0 Å². The van der Waals surface area contributed by atoms with Gasteiger partial charge < -0.3 is 0 Å². The van der Waals surface area contributed by atoms with E-state index >= 15 is 0 Å². The molecule has 0 radical (unpaired) electrons. The molecule has 1 aliphatic rings. The summed E-state index contributed by atoms with van der Waals surface area (Å²) < 4.78 is 37.3. The summed E-state index contributed by atoms with van der Waals surface area (Å²) in [7, 11) is 0. The fourth-order valence-electron chi connectivity index (χ4n) is 1.58. The van der Waals surface area contributed by atoms with Crippen LogP contribution in [-0.4, -0.2) is 0 Å². The van der Waals surface area contributed by atoms with Gasteiger partial charge in [0.2, 0.25) is 0 Å². The fraction of sp³-hybridized carbons (Fsp3) is 0.167. The lowest BCUT2D eigenvalue weighted by Crippen LogP contribution is -2.05. The molecule has 0 N–H and O–H groups in total. The molecule has 0 unspecified atom stereocenters. The highest BCUT2D eigenvalue weighted by atomic mass is 19.4. The molecule has 0 fully saturated rings. The van der Waals surface area contributed by atoms with Crippen LogP contribution in [0, 0.1) is 0 Å². The van der Waals surface area contributed by atoms with Crippen molar-refractivity contribution in [1.29, 1.82) is 0 Å². The van der Waals surface area contributed by atoms with Crippen LogP contribution in [0.1, 0.15) is 17.0 Å². The van der Waals surface area contributed by atoms with Crippen molar-refractivity contribution in [2.75, 3.05) is 0 Å². The smallest absolute Gasteiger partial charge is 0.166 e. The van der Waals surface area contributed by atoms with Crippen LogP contribution in [0.5, 0.6) is 0 Å². The Morgan fingerprint density at radius 3 is 2.27 bits per heavy atom. The van der Waals surface area contributed by atoms with Gasteiger partial charge in [0.05, 0.1) is 5.56 Å². The quantitative estimate of drug-likeness (QED) is 0.659. The molecule has 0 saturated heterocycles. The van der Waals surface area contributed by atoms with Crippen molar-refractivity contribution < 1.29 is 13.2 Å². The van der Waals surface area contributed by atoms with Gasteiger partial charge in [-0.1, -0.05) is 42.5 Å². The van der Waals surface area contributed by atoms with Crippen LogP contribution in [-0.2, 0) is 6.18 Å². The summed E-state index contributed by atoms with van der Waals surface area (Å²) in [4.78, 5) is 0. The second-order valence-electron chi connectivity index (χ2n) is 3.42. The minimum absolute atomic E-state index is 0.0210. The van der Waals surface area contributed by atoms with Gasteiger partial charge in [0.25, 0.3) is 0 Å². The number of alkyl halides is 3. The summed E-state index contributed by atoms with van der Waals surface area (Å²) in [6.45, 7) is 0. The van der Waals surface area contributed by atoms with Gasteiger partial charge in [-0.3, -0.25) is 0 Å². The van der Waals surface area contributed by atoms with Crippen molar-refractivity contribution in [2.24, 2.45) is 0 Å². The third-order valence-corrected chi connectivity index (χ3v) is 2.35. The standard InChI is InChI=1S/C12H9F3/c13-12(14,15)11-7-3-6-10(8-11)9-4-1-2-5-9/h1-9H. The summed E-state index contributed by atoms with van der Waals surface area (Å²) in [6.07, 6.45) is 3.16. The van der Waals surface area contributed by atoms with E-state index in [0.717, 1.165) is 6.07 Å². The highest BCUT2D eigenvalue weighted by molar-refractivity contribution is 5.37. The van der Waals surface area contributed by atoms with Gasteiger partial charge in [0.15, 0.2) is 0 Å². The zero-order valence-electron chi connectivity index (χ0n) is 7.83. The molecular formula is C12H9F3. The first-order valence-electron chi connectivity index (χ1n) is 4.59. The number of hydrogen-bond donors (Lipinski definition) is 0. The molecule has 0 heterocycles. The van der Waals surface area contributed by atoms with Crippen molar-refractivity contribution >= 4 is 0 Å². The Morgan fingerprint density at radius 1 is 1.00 bits per heavy atom. The highest BCUT2D eigenvalue weighted by Gasteiger charge is 2.30. The van der Waals surface area contributed by atoms with Gasteiger partial charge in [-0.05, 0) is 11.6 Å². The molecule has 0 aromatic heterocycles. The molecule has 0 spiro atoms. The maximum Gasteiger partial charge on any atom is 0.416 e. The van der Waals surface area contributed by atoms with Crippen LogP contribution in [0.25, 0.3) is 0 Å². The SMILES string of the molecule is FC(F)(F)c1cccc(C2C=CC=C2)c1. The second kappa shape index (κ2) is 3.57. The Bertz CT molecular complexity index is 401. The average Bonchev–Trinajstić information content (AvgIpc) is 2.69. The molecule has 1 aromatic rings. The van der Waals surface area contributed by atoms with E-state index < -0.39 is 11.7 Å². The second-order valence-corrected chi connectivity index (χ2v) is 3.42. The summed E-state index contributed by atoms with van der Waals surface area (Å²) in [5.74, 6) is -0.0210. The highest BCUT2D eigenvalue weighted by Crippen LogP contribution is 2.32. The molecule has 1 aliphatic carbocycles. The number of hydrogen-bond acceptors (Lipinski definition) is 0. The Labute approximate surface area is 85.7 Å². The number of halogens is 3. The number of allylic oxidation sites excluding steroid dienone is 4. The Balaban J connectivity index is 2.34. The monoisotopic (exact) mass is 210 g/mol. The molecule has 0 saturated carbocycles. The molecule has 0 amide bonds. The van der Waals surface area contributed by atoms with Gasteiger partial charge in [0, 0.05) is 5.92 Å². The Morgan fingerprint density at radius 2 is 1.67 bits per heavy atom. The minimum atomic E-state index is -4.26. The molecule has 78 valence electrons. The molecule has 2 rings (SSSR count). The van der Waals surface area contributed by atoms with Crippen molar-refractivity contribution in [3.8, 4) is 0 Å². The normalized spacial score (nSPS) is 16.2. The van der Waals surface area contributed by atoms with E-state index in [1.54, 1.807) is 6.07 Å². The first kappa shape index (κ1) is 10.0. The van der Waals surface area contributed by atoms with Gasteiger partial charge in [0.1, 0.15) is 0 Å². The molecule has 0 aliphatic heterocycles. The Kier molecular flexibility index (Phi) is 2.39. The van der Waals surface area contributed by atoms with E-state index in [4.69, 9.17) is 0 Å². The van der Waals surface area contributed by atoms with E-state index in [1.165, 1.54) is 12.1 Å². The summed E-state index contributed by atoms with van der Waals surface area (Å²) in [5.41, 5.74) is 0.0866. The summed E-state index contributed by atoms with van der Waals surface area (Å²) in [6, 6.07) is 5.44. The molecule has 1 aromatic carbocycles. The van der Waals surface area contributed by atoms with Crippen LogP contribution in [0.3, 0.4) is 0 Å². The summed E-state index contributed by atoms with van der Waals surface area (Å²) in [5, 5.41) is 0. The molecule has 15 heavy (non-hydrogen) atoms. The molecule has 3 heteroatoms. The van der Waals surface area contributed by atoms with Crippen LogP contribution in [0.2, 0.25) is 0 Å². The zero-order chi connectivity index (χ0) is 10.9. The van der Waals surface area contributed by atoms with Crippen LogP contribution in [0.4, 0.5) is 13.2 Å². The van der Waals surface area contributed by atoms with E-state index in [9.17, 15) is 13.2 Å². The molecule has 0 nitrogen and oxygen atoms in total. The lowest BCUT2D eigenvalue weighted by Gasteiger charge is -2.10. The van der Waals surface area contributed by atoms with Crippen LogP contribution >= 0.6 is 0 Å². The zero-order valence-corrected chi connectivity index (χ0v) is 7.83. The van der Waals surface area contributed by atoms with Gasteiger partial charge in [-0.15, -0.1) is 0 Å². The van der Waals surface area contributed by atoms with Crippen LogP contribution < -0.4 is 0 Å². The van der Waals surface area contributed by atoms with E-state index in [-0.39, 0.29) is 5.92 Å². The lowest BCUT2D eigenvalue weighted by molar-refractivity contribution is -0.137. The third kappa shape index (κ3) is 2.12. The first-order chi connectivity index (χ1) is 7.07. The molecule has 0 atom stereocenters. The molecule has 0 bridgehead atoms. The van der Waals surface area contributed by atoms with Gasteiger partial charge in [-0.25, -0.2) is 0 Å². The number of benzene rings is 1. The van der Waals surface area contributed by atoms with Crippen molar-refractivity contribution in [1.82, 2.24) is 0 Å². The van der Waals surface area contributed by atoms with Crippen molar-refractivity contribution in [3.05, 3.63) is 59.7 Å². The largest absolute Gasteiger partial charge is 0.416 e. The van der Waals surface area contributed by atoms with Crippen LogP contribution in [0.15, 0.2) is 48.6 Å². The maximum absolute atomic E-state index is 12.4. The third-order valence-electron chi connectivity index (χ3n) is 2.35. The topological polar surface area (TPSA) is 0 Å². The number of rotatable bonds is 1. The minimum Gasteiger partial charge on any atom is -0.166 e. The molecular weight excluding hydrogens is 201 g/mol. The maximum atomic E-state index is 12.4. The lowest BCUT2D eigenvalue weighted by atomic mass is 9.99. The van der Waals surface area contributed by atoms with Gasteiger partial charge in [-0.2, -0.15) is 13.2 Å². The van der Waals surface area contributed by atoms with E-state index in [0.29, 0.717) is 5.56 Å². The predicted molar refractivity (Wildman–Crippen MR) is 52.5 cm³/mol. The summed E-state index contributed by atoms with van der Waals surface area (Å²) >= 11 is 0. The average molecular weight is 210 g/mol. The van der Waals surface area contributed by atoms with Crippen molar-refractivity contribution in [2.45, 2.75) is 12.1 Å². The first-order valence-corrected chi connectivity index (χ1v) is 4.59. The van der Waals surface area contributed by atoms with Crippen molar-refractivity contribution in [3.63, 3.8) is 0 Å². The van der Waals surface area contributed by atoms with Gasteiger partial charge >= 0.3 is 6.18 Å². The van der Waals surface area contributed by atoms with E-state index in [1.807, 2.05) is 24.3 Å². The fourth-order valence-corrected chi connectivity index (χ4v) is 1.58.